The van der Waals surface area contributed by atoms with Crippen LogP contribution in [0.15, 0.2) is 78.9 Å². The molecule has 0 aliphatic carbocycles. The highest BCUT2D eigenvalue weighted by Gasteiger charge is 2.17. The second-order valence-electron chi connectivity index (χ2n) is 6.84. The van der Waals surface area contributed by atoms with Crippen LogP contribution in [0.3, 0.4) is 0 Å². The molecule has 0 bridgehead atoms. The summed E-state index contributed by atoms with van der Waals surface area (Å²) in [5.74, 6) is 0.500. The van der Waals surface area contributed by atoms with Crippen LogP contribution in [-0.4, -0.2) is 25.2 Å². The Labute approximate surface area is 165 Å². The smallest absolute Gasteiger partial charge is 0.255 e. The fourth-order valence-electron chi connectivity index (χ4n) is 3.29. The number of rotatable bonds is 6. The zero-order valence-electron chi connectivity index (χ0n) is 15.6. The molecule has 1 atom stereocenters. The summed E-state index contributed by atoms with van der Waals surface area (Å²) in [4.78, 5) is 12.7. The lowest BCUT2D eigenvalue weighted by Crippen LogP contribution is -2.18. The van der Waals surface area contributed by atoms with E-state index in [0.717, 1.165) is 30.6 Å². The molecular weight excluding hydrogens is 350 g/mol. The third-order valence-corrected chi connectivity index (χ3v) is 4.84. The van der Waals surface area contributed by atoms with E-state index in [1.807, 2.05) is 66.7 Å². The van der Waals surface area contributed by atoms with E-state index in [9.17, 15) is 4.79 Å². The average molecular weight is 373 g/mol. The van der Waals surface area contributed by atoms with Crippen molar-refractivity contribution in [2.24, 2.45) is 0 Å². The van der Waals surface area contributed by atoms with Crippen LogP contribution < -0.4 is 10.1 Å². The molecule has 0 spiro atoms. The molecule has 4 rings (SSSR count). The minimum atomic E-state index is -0.159. The normalized spacial score (nSPS) is 15.9. The summed E-state index contributed by atoms with van der Waals surface area (Å²) >= 11 is 0. The number of carbonyl (C=O) groups excluding carboxylic acids is 1. The van der Waals surface area contributed by atoms with Gasteiger partial charge in [-0.2, -0.15) is 0 Å². The maximum Gasteiger partial charge on any atom is 0.255 e. The molecule has 1 heterocycles. The van der Waals surface area contributed by atoms with Gasteiger partial charge in [0.05, 0.1) is 11.8 Å². The van der Waals surface area contributed by atoms with E-state index in [1.54, 1.807) is 0 Å². The third kappa shape index (κ3) is 4.41. The number of carbonyl (C=O) groups is 1. The molecule has 1 aliphatic rings. The van der Waals surface area contributed by atoms with Crippen LogP contribution in [0.1, 0.15) is 23.2 Å². The van der Waals surface area contributed by atoms with Gasteiger partial charge in [0.1, 0.15) is 12.4 Å². The quantitative estimate of drug-likeness (QED) is 0.649. The summed E-state index contributed by atoms with van der Waals surface area (Å²) in [5.41, 5.74) is 3.48. The lowest BCUT2D eigenvalue weighted by atomic mass is 10.0. The molecule has 0 radical (unpaired) electrons. The molecule has 1 saturated heterocycles. The Morgan fingerprint density at radius 3 is 2.39 bits per heavy atom. The van der Waals surface area contributed by atoms with E-state index in [1.165, 1.54) is 0 Å². The van der Waals surface area contributed by atoms with Crippen LogP contribution in [0, 0.1) is 0 Å². The highest BCUT2D eigenvalue weighted by Crippen LogP contribution is 2.26. The lowest BCUT2D eigenvalue weighted by Gasteiger charge is -2.15. The Balaban J connectivity index is 1.43. The lowest BCUT2D eigenvalue weighted by molar-refractivity contribution is 0.0682. The fraction of sp³-hybridized carbons (Fsp3) is 0.208. The van der Waals surface area contributed by atoms with Gasteiger partial charge in [0, 0.05) is 12.2 Å². The van der Waals surface area contributed by atoms with Gasteiger partial charge in [0.15, 0.2) is 0 Å². The first-order valence-electron chi connectivity index (χ1n) is 9.60. The van der Waals surface area contributed by atoms with Gasteiger partial charge >= 0.3 is 0 Å². The zero-order chi connectivity index (χ0) is 19.2. The summed E-state index contributed by atoms with van der Waals surface area (Å²) in [5, 5.41) is 2.96. The molecule has 28 heavy (non-hydrogen) atoms. The van der Waals surface area contributed by atoms with Gasteiger partial charge in [-0.3, -0.25) is 4.79 Å². The number of amides is 1. The number of nitrogens with one attached hydrogen (secondary N) is 1. The minimum Gasteiger partial charge on any atom is -0.489 e. The van der Waals surface area contributed by atoms with Gasteiger partial charge in [0.25, 0.3) is 5.91 Å². The van der Waals surface area contributed by atoms with E-state index in [0.29, 0.717) is 23.6 Å². The second-order valence-corrected chi connectivity index (χ2v) is 6.84. The summed E-state index contributed by atoms with van der Waals surface area (Å²) in [6.07, 6.45) is 2.22. The Kier molecular flexibility index (Phi) is 5.69. The van der Waals surface area contributed by atoms with Gasteiger partial charge in [0.2, 0.25) is 0 Å². The summed E-state index contributed by atoms with van der Waals surface area (Å²) in [6, 6.07) is 25.2. The van der Waals surface area contributed by atoms with Crippen molar-refractivity contribution >= 4 is 11.6 Å². The molecule has 1 fully saturated rings. The van der Waals surface area contributed by atoms with Crippen LogP contribution in [0.4, 0.5) is 5.69 Å². The molecule has 0 aromatic heterocycles. The largest absolute Gasteiger partial charge is 0.489 e. The molecule has 1 aliphatic heterocycles. The highest BCUT2D eigenvalue weighted by atomic mass is 16.5. The second kappa shape index (κ2) is 8.72. The van der Waals surface area contributed by atoms with Crippen molar-refractivity contribution in [1.29, 1.82) is 0 Å². The monoisotopic (exact) mass is 373 g/mol. The van der Waals surface area contributed by atoms with Crippen molar-refractivity contribution in [3.8, 4) is 16.9 Å². The Morgan fingerprint density at radius 1 is 0.929 bits per heavy atom. The maximum atomic E-state index is 12.7. The number of anilines is 1. The van der Waals surface area contributed by atoms with Crippen molar-refractivity contribution in [3.05, 3.63) is 84.4 Å². The summed E-state index contributed by atoms with van der Waals surface area (Å²) in [6.45, 7) is 1.30. The molecule has 1 N–H and O–H groups in total. The molecule has 3 aromatic carbocycles. The van der Waals surface area contributed by atoms with E-state index in [4.69, 9.17) is 9.47 Å². The highest BCUT2D eigenvalue weighted by molar-refractivity contribution is 6.05. The van der Waals surface area contributed by atoms with E-state index in [-0.39, 0.29) is 12.0 Å². The Morgan fingerprint density at radius 2 is 1.64 bits per heavy atom. The van der Waals surface area contributed by atoms with Gasteiger partial charge in [-0.05, 0) is 48.2 Å². The Hall–Kier alpha value is -3.11. The number of ether oxygens (including phenoxy) is 2. The molecule has 1 amide bonds. The van der Waals surface area contributed by atoms with Crippen molar-refractivity contribution in [2.45, 2.75) is 18.9 Å². The minimum absolute atomic E-state index is 0.134. The predicted octanol–water partition coefficient (Wildman–Crippen LogP) is 5.16. The predicted molar refractivity (Wildman–Crippen MR) is 111 cm³/mol. The van der Waals surface area contributed by atoms with E-state index >= 15 is 0 Å². The van der Waals surface area contributed by atoms with Gasteiger partial charge in [-0.25, -0.2) is 0 Å². The SMILES string of the molecule is O=C(Nc1ccccc1OC[C@H]1CCCO1)c1ccc(-c2ccccc2)cc1. The molecule has 0 saturated carbocycles. The van der Waals surface area contributed by atoms with Gasteiger partial charge in [-0.1, -0.05) is 54.6 Å². The standard InChI is InChI=1S/C24H23NO3/c26-24(20-14-12-19(13-15-20)18-7-2-1-3-8-18)25-22-10-4-5-11-23(22)28-17-21-9-6-16-27-21/h1-5,7-8,10-15,21H,6,9,16-17H2,(H,25,26)/t21-/m1/s1. The zero-order valence-corrected chi connectivity index (χ0v) is 15.6. The van der Waals surface area contributed by atoms with Crippen LogP contribution in [-0.2, 0) is 4.74 Å². The first-order chi connectivity index (χ1) is 13.8. The van der Waals surface area contributed by atoms with Crippen LogP contribution in [0.5, 0.6) is 5.75 Å². The van der Waals surface area contributed by atoms with Crippen molar-refractivity contribution < 1.29 is 14.3 Å². The first-order valence-corrected chi connectivity index (χ1v) is 9.60. The van der Waals surface area contributed by atoms with E-state index in [2.05, 4.69) is 17.4 Å². The van der Waals surface area contributed by atoms with Crippen molar-refractivity contribution in [2.75, 3.05) is 18.5 Å². The third-order valence-electron chi connectivity index (χ3n) is 4.84. The van der Waals surface area contributed by atoms with Gasteiger partial charge < -0.3 is 14.8 Å². The van der Waals surface area contributed by atoms with Crippen LogP contribution in [0.2, 0.25) is 0 Å². The molecule has 0 unspecified atom stereocenters. The first kappa shape index (κ1) is 18.3. The summed E-state index contributed by atoms with van der Waals surface area (Å²) in [7, 11) is 0. The van der Waals surface area contributed by atoms with Gasteiger partial charge in [-0.15, -0.1) is 0 Å². The van der Waals surface area contributed by atoms with Crippen LogP contribution >= 0.6 is 0 Å². The Bertz CT molecular complexity index is 916. The molecule has 142 valence electrons. The van der Waals surface area contributed by atoms with Crippen LogP contribution in [0.25, 0.3) is 11.1 Å². The maximum absolute atomic E-state index is 12.7. The molecule has 4 heteroatoms. The topological polar surface area (TPSA) is 47.6 Å². The molecular formula is C24H23NO3. The van der Waals surface area contributed by atoms with E-state index < -0.39 is 0 Å². The number of hydrogen-bond donors (Lipinski definition) is 1. The number of hydrogen-bond acceptors (Lipinski definition) is 3. The average Bonchev–Trinajstić information content (AvgIpc) is 3.27. The molecule has 3 aromatic rings. The number of para-hydroxylation sites is 2. The molecule has 4 nitrogen and oxygen atoms in total. The summed E-state index contributed by atoms with van der Waals surface area (Å²) < 4.78 is 11.5. The van der Waals surface area contributed by atoms with Crippen molar-refractivity contribution in [3.63, 3.8) is 0 Å². The fourth-order valence-corrected chi connectivity index (χ4v) is 3.29. The van der Waals surface area contributed by atoms with Crippen molar-refractivity contribution in [1.82, 2.24) is 0 Å². The number of benzene rings is 3.